The summed E-state index contributed by atoms with van der Waals surface area (Å²) >= 11 is 0. The first-order valence-corrected chi connectivity index (χ1v) is 8.72. The van der Waals surface area contributed by atoms with Gasteiger partial charge < -0.3 is 9.47 Å². The molecule has 0 radical (unpaired) electrons. The van der Waals surface area contributed by atoms with Crippen LogP contribution in [0.25, 0.3) is 0 Å². The van der Waals surface area contributed by atoms with E-state index >= 15 is 0 Å². The molecule has 4 heteroatoms. The van der Waals surface area contributed by atoms with Crippen molar-refractivity contribution in [2.75, 3.05) is 7.11 Å². The lowest BCUT2D eigenvalue weighted by Gasteiger charge is -2.59. The summed E-state index contributed by atoms with van der Waals surface area (Å²) in [7, 11) is 1.67. The van der Waals surface area contributed by atoms with Crippen LogP contribution in [0.1, 0.15) is 44.6 Å². The van der Waals surface area contributed by atoms with Crippen molar-refractivity contribution < 1.29 is 14.3 Å². The number of hydrogen-bond donors (Lipinski definition) is 0. The number of hydrogen-bond acceptors (Lipinski definition) is 4. The molecule has 4 saturated carbocycles. The Morgan fingerprint density at radius 1 is 1.30 bits per heavy atom. The van der Waals surface area contributed by atoms with Gasteiger partial charge in [-0.15, -0.1) is 0 Å². The molecule has 1 heterocycles. The van der Waals surface area contributed by atoms with Crippen molar-refractivity contribution in [3.8, 4) is 5.75 Å². The number of Topliss-reactive ketones (excluding diaryl/α,β-unsaturated/α-hetero) is 1. The van der Waals surface area contributed by atoms with Crippen molar-refractivity contribution in [3.63, 3.8) is 0 Å². The number of carbonyl (C=O) groups excluding carboxylic acids is 1. The molecule has 4 fully saturated rings. The van der Waals surface area contributed by atoms with Crippen LogP contribution in [0.15, 0.2) is 18.5 Å². The average molecular weight is 315 g/mol. The molecule has 4 aliphatic carbocycles. The quantitative estimate of drug-likeness (QED) is 0.835. The SMILES string of the molecule is COc1ccncc1COC1C2CC3CC(C2)CC1(C(C)=O)C3. The van der Waals surface area contributed by atoms with E-state index in [4.69, 9.17) is 9.47 Å². The number of aromatic nitrogens is 1. The summed E-state index contributed by atoms with van der Waals surface area (Å²) in [5.74, 6) is 3.17. The first-order chi connectivity index (χ1) is 11.1. The third-order valence-corrected chi connectivity index (χ3v) is 6.42. The molecular formula is C19H25NO3. The molecule has 4 bridgehead atoms. The van der Waals surface area contributed by atoms with Gasteiger partial charge >= 0.3 is 0 Å². The van der Waals surface area contributed by atoms with Crippen molar-refractivity contribution >= 4 is 5.78 Å². The number of ether oxygens (including phenoxy) is 2. The molecule has 124 valence electrons. The summed E-state index contributed by atoms with van der Waals surface area (Å²) in [6.45, 7) is 2.25. The zero-order valence-electron chi connectivity index (χ0n) is 14.0. The van der Waals surface area contributed by atoms with Crippen LogP contribution >= 0.6 is 0 Å². The normalized spacial score (nSPS) is 37.8. The van der Waals surface area contributed by atoms with E-state index in [1.165, 1.54) is 19.3 Å². The summed E-state index contributed by atoms with van der Waals surface area (Å²) in [6.07, 6.45) is 9.46. The topological polar surface area (TPSA) is 48.4 Å². The van der Waals surface area contributed by atoms with Gasteiger partial charge in [-0.25, -0.2) is 0 Å². The third kappa shape index (κ3) is 2.38. The Balaban J connectivity index is 1.56. The van der Waals surface area contributed by atoms with E-state index in [0.717, 1.165) is 36.0 Å². The van der Waals surface area contributed by atoms with Crippen molar-refractivity contribution in [1.82, 2.24) is 4.98 Å². The molecule has 0 aromatic carbocycles. The van der Waals surface area contributed by atoms with E-state index in [-0.39, 0.29) is 11.5 Å². The molecule has 3 atom stereocenters. The van der Waals surface area contributed by atoms with Gasteiger partial charge in [0.25, 0.3) is 0 Å². The molecule has 4 nitrogen and oxygen atoms in total. The Labute approximate surface area is 137 Å². The van der Waals surface area contributed by atoms with E-state index in [9.17, 15) is 4.79 Å². The van der Waals surface area contributed by atoms with Gasteiger partial charge in [-0.1, -0.05) is 0 Å². The maximum Gasteiger partial charge on any atom is 0.138 e. The average Bonchev–Trinajstić information content (AvgIpc) is 2.53. The van der Waals surface area contributed by atoms with Gasteiger partial charge in [0.15, 0.2) is 0 Å². The minimum absolute atomic E-state index is 0.0673. The lowest BCUT2D eigenvalue weighted by Crippen LogP contribution is -2.59. The number of ketones is 1. The summed E-state index contributed by atoms with van der Waals surface area (Å²) in [5.41, 5.74) is 0.729. The number of methoxy groups -OCH3 is 1. The van der Waals surface area contributed by atoms with Crippen LogP contribution in [0.2, 0.25) is 0 Å². The fourth-order valence-corrected chi connectivity index (χ4v) is 5.68. The van der Waals surface area contributed by atoms with Crippen molar-refractivity contribution in [2.24, 2.45) is 23.2 Å². The molecule has 0 N–H and O–H groups in total. The number of pyridine rings is 1. The molecule has 1 aromatic heterocycles. The summed E-state index contributed by atoms with van der Waals surface area (Å²) in [4.78, 5) is 16.7. The van der Waals surface area contributed by atoms with Crippen LogP contribution in [0.5, 0.6) is 5.75 Å². The summed E-state index contributed by atoms with van der Waals surface area (Å²) < 4.78 is 11.8. The molecule has 0 amide bonds. The Morgan fingerprint density at radius 3 is 2.70 bits per heavy atom. The lowest BCUT2D eigenvalue weighted by molar-refractivity contribution is -0.190. The van der Waals surface area contributed by atoms with Gasteiger partial charge in [-0.05, 0) is 62.8 Å². The lowest BCUT2D eigenvalue weighted by atomic mass is 9.47. The van der Waals surface area contributed by atoms with E-state index in [2.05, 4.69) is 4.98 Å². The molecule has 0 saturated heterocycles. The van der Waals surface area contributed by atoms with Gasteiger partial charge in [-0.3, -0.25) is 9.78 Å². The van der Waals surface area contributed by atoms with Crippen LogP contribution in [-0.4, -0.2) is 24.0 Å². The smallest absolute Gasteiger partial charge is 0.138 e. The molecule has 23 heavy (non-hydrogen) atoms. The highest BCUT2D eigenvalue weighted by atomic mass is 16.5. The van der Waals surface area contributed by atoms with Crippen molar-refractivity contribution in [3.05, 3.63) is 24.0 Å². The van der Waals surface area contributed by atoms with Crippen LogP contribution in [0, 0.1) is 23.2 Å². The van der Waals surface area contributed by atoms with Crippen LogP contribution < -0.4 is 4.74 Å². The predicted octanol–water partition coefficient (Wildman–Crippen LogP) is 3.39. The molecule has 1 aromatic rings. The second-order valence-electron chi connectivity index (χ2n) is 7.74. The Hall–Kier alpha value is -1.42. The van der Waals surface area contributed by atoms with Crippen molar-refractivity contribution in [1.29, 1.82) is 0 Å². The fourth-order valence-electron chi connectivity index (χ4n) is 5.68. The molecule has 3 unspecified atom stereocenters. The highest BCUT2D eigenvalue weighted by molar-refractivity contribution is 5.83. The van der Waals surface area contributed by atoms with Crippen LogP contribution in [0.3, 0.4) is 0 Å². The molecule has 4 aliphatic rings. The minimum atomic E-state index is -0.232. The van der Waals surface area contributed by atoms with Gasteiger partial charge in [0.05, 0.1) is 25.2 Å². The maximum absolute atomic E-state index is 12.5. The monoisotopic (exact) mass is 315 g/mol. The van der Waals surface area contributed by atoms with Gasteiger partial charge in [0.1, 0.15) is 11.5 Å². The van der Waals surface area contributed by atoms with E-state index in [1.54, 1.807) is 26.4 Å². The molecule has 0 spiro atoms. The maximum atomic E-state index is 12.5. The first kappa shape index (κ1) is 15.1. The Morgan fingerprint density at radius 2 is 2.04 bits per heavy atom. The largest absolute Gasteiger partial charge is 0.496 e. The standard InChI is InChI=1S/C19H25NO3/c1-12(21)19-8-13-5-14(9-19)7-15(6-13)18(19)23-11-16-10-20-4-3-17(16)22-2/h3-4,10,13-15,18H,5-9,11H2,1-2H3. The number of rotatable bonds is 5. The molecule has 5 rings (SSSR count). The zero-order chi connectivity index (χ0) is 16.0. The number of nitrogens with zero attached hydrogens (tertiary/aromatic N) is 1. The number of carbonyl (C=O) groups is 1. The Bertz CT molecular complexity index is 600. The van der Waals surface area contributed by atoms with E-state index in [1.807, 2.05) is 6.07 Å². The summed E-state index contributed by atoms with van der Waals surface area (Å²) in [5, 5.41) is 0. The second-order valence-corrected chi connectivity index (χ2v) is 7.74. The first-order valence-electron chi connectivity index (χ1n) is 8.72. The fraction of sp³-hybridized carbons (Fsp3) is 0.684. The third-order valence-electron chi connectivity index (χ3n) is 6.42. The second kappa shape index (κ2) is 5.59. The van der Waals surface area contributed by atoms with Crippen LogP contribution in [0.4, 0.5) is 0 Å². The highest BCUT2D eigenvalue weighted by Crippen LogP contribution is 2.61. The predicted molar refractivity (Wildman–Crippen MR) is 86.0 cm³/mol. The van der Waals surface area contributed by atoms with Crippen LogP contribution in [-0.2, 0) is 16.1 Å². The van der Waals surface area contributed by atoms with Gasteiger partial charge in [-0.2, -0.15) is 0 Å². The zero-order valence-corrected chi connectivity index (χ0v) is 14.0. The molecular weight excluding hydrogens is 290 g/mol. The minimum Gasteiger partial charge on any atom is -0.496 e. The Kier molecular flexibility index (Phi) is 3.67. The van der Waals surface area contributed by atoms with E-state index < -0.39 is 0 Å². The van der Waals surface area contributed by atoms with Gasteiger partial charge in [0.2, 0.25) is 0 Å². The summed E-state index contributed by atoms with van der Waals surface area (Å²) in [6, 6.07) is 1.86. The highest BCUT2D eigenvalue weighted by Gasteiger charge is 2.59. The van der Waals surface area contributed by atoms with Crippen molar-refractivity contribution in [2.45, 2.75) is 51.7 Å². The molecule has 0 aliphatic heterocycles. The van der Waals surface area contributed by atoms with E-state index in [0.29, 0.717) is 18.3 Å². The van der Waals surface area contributed by atoms with Gasteiger partial charge in [0, 0.05) is 18.0 Å².